The first-order valence-electron chi connectivity index (χ1n) is 7.40. The van der Waals surface area contributed by atoms with Gasteiger partial charge < -0.3 is 0 Å². The van der Waals surface area contributed by atoms with Gasteiger partial charge in [-0.1, -0.05) is 30.3 Å². The van der Waals surface area contributed by atoms with Crippen molar-refractivity contribution in [1.82, 2.24) is 9.78 Å². The van der Waals surface area contributed by atoms with E-state index < -0.39 is 4.92 Å². The summed E-state index contributed by atoms with van der Waals surface area (Å²) in [6.45, 7) is 3.60. The minimum absolute atomic E-state index is 0.0147. The summed E-state index contributed by atoms with van der Waals surface area (Å²) in [6, 6.07) is 15.1. The van der Waals surface area contributed by atoms with Crippen molar-refractivity contribution in [2.75, 3.05) is 0 Å². The second-order valence-corrected chi connectivity index (χ2v) is 5.43. The summed E-state index contributed by atoms with van der Waals surface area (Å²) in [5, 5.41) is 15.2. The van der Waals surface area contributed by atoms with Crippen molar-refractivity contribution in [2.24, 2.45) is 0 Å². The minimum atomic E-state index is -0.449. The van der Waals surface area contributed by atoms with Crippen LogP contribution in [0.5, 0.6) is 0 Å². The van der Waals surface area contributed by atoms with Crippen LogP contribution in [0.1, 0.15) is 27.3 Å². The lowest BCUT2D eigenvalue weighted by atomic mass is 10.0. The Kier molecular flexibility index (Phi) is 3.95. The molecule has 0 fully saturated rings. The fraction of sp³-hybridized carbons (Fsp3) is 0.111. The third-order valence-corrected chi connectivity index (χ3v) is 3.86. The van der Waals surface area contributed by atoms with Crippen LogP contribution in [0.2, 0.25) is 0 Å². The number of nitrogens with zero attached hydrogens (tertiary/aromatic N) is 3. The average Bonchev–Trinajstić information content (AvgIpc) is 2.89. The van der Waals surface area contributed by atoms with E-state index in [0.29, 0.717) is 28.2 Å². The van der Waals surface area contributed by atoms with Crippen molar-refractivity contribution in [3.63, 3.8) is 0 Å². The number of carbonyl (C=O) groups excluding carboxylic acids is 1. The van der Waals surface area contributed by atoms with Gasteiger partial charge in [-0.05, 0) is 26.0 Å². The number of nitro groups is 1. The van der Waals surface area contributed by atoms with Crippen molar-refractivity contribution in [3.05, 3.63) is 87.2 Å². The molecule has 0 aliphatic heterocycles. The molecule has 3 rings (SSSR count). The first-order chi connectivity index (χ1) is 11.5. The smallest absolute Gasteiger partial charge is 0.269 e. The number of rotatable bonds is 4. The highest BCUT2D eigenvalue weighted by molar-refractivity contribution is 6.10. The summed E-state index contributed by atoms with van der Waals surface area (Å²) in [6.07, 6.45) is 0. The number of nitro benzene ring substituents is 1. The van der Waals surface area contributed by atoms with Crippen molar-refractivity contribution < 1.29 is 9.72 Å². The van der Waals surface area contributed by atoms with E-state index in [1.54, 1.807) is 35.9 Å². The van der Waals surface area contributed by atoms with Crippen LogP contribution in [-0.2, 0) is 0 Å². The van der Waals surface area contributed by atoms with Gasteiger partial charge in [0.2, 0.25) is 0 Å². The van der Waals surface area contributed by atoms with Gasteiger partial charge in [0, 0.05) is 17.7 Å². The maximum absolute atomic E-state index is 12.7. The van der Waals surface area contributed by atoms with Crippen LogP contribution < -0.4 is 0 Å². The number of hydrogen-bond acceptors (Lipinski definition) is 4. The number of benzene rings is 2. The molecule has 0 bridgehead atoms. The summed E-state index contributed by atoms with van der Waals surface area (Å²) in [7, 11) is 0. The number of carbonyl (C=O) groups is 1. The van der Waals surface area contributed by atoms with E-state index in [1.165, 1.54) is 12.1 Å². The molecule has 24 heavy (non-hydrogen) atoms. The molecule has 2 aromatic carbocycles. The standard InChI is InChI=1S/C18H15N3O3/c1-12-17(18(22)14-6-4-3-5-7-14)13(2)20(19-12)15-8-10-16(11-9-15)21(23)24/h3-11H,1-2H3. The Morgan fingerprint density at radius 1 is 1.04 bits per heavy atom. The zero-order valence-corrected chi connectivity index (χ0v) is 13.3. The molecule has 0 atom stereocenters. The third kappa shape index (κ3) is 2.69. The van der Waals surface area contributed by atoms with Crippen LogP contribution in [-0.4, -0.2) is 20.5 Å². The number of aromatic nitrogens is 2. The Morgan fingerprint density at radius 2 is 1.67 bits per heavy atom. The quantitative estimate of drug-likeness (QED) is 0.417. The van der Waals surface area contributed by atoms with Crippen molar-refractivity contribution >= 4 is 11.5 Å². The predicted molar refractivity (Wildman–Crippen MR) is 89.6 cm³/mol. The highest BCUT2D eigenvalue weighted by atomic mass is 16.6. The van der Waals surface area contributed by atoms with Gasteiger partial charge in [0.15, 0.2) is 5.78 Å². The van der Waals surface area contributed by atoms with Crippen LogP contribution in [0.3, 0.4) is 0 Å². The highest BCUT2D eigenvalue weighted by Gasteiger charge is 2.20. The van der Waals surface area contributed by atoms with Crippen LogP contribution in [0.25, 0.3) is 5.69 Å². The average molecular weight is 321 g/mol. The Balaban J connectivity index is 2.03. The van der Waals surface area contributed by atoms with Crippen LogP contribution in [0.15, 0.2) is 54.6 Å². The molecule has 0 spiro atoms. The van der Waals surface area contributed by atoms with E-state index in [9.17, 15) is 14.9 Å². The Morgan fingerprint density at radius 3 is 2.25 bits per heavy atom. The van der Waals surface area contributed by atoms with Gasteiger partial charge >= 0.3 is 0 Å². The molecule has 0 amide bonds. The summed E-state index contributed by atoms with van der Waals surface area (Å²) < 4.78 is 1.63. The van der Waals surface area contributed by atoms with E-state index in [4.69, 9.17) is 0 Å². The zero-order chi connectivity index (χ0) is 17.3. The molecule has 3 aromatic rings. The molecule has 120 valence electrons. The summed E-state index contributed by atoms with van der Waals surface area (Å²) in [4.78, 5) is 23.0. The molecule has 0 saturated carbocycles. The topological polar surface area (TPSA) is 78.0 Å². The lowest BCUT2D eigenvalue weighted by Crippen LogP contribution is -2.05. The first-order valence-corrected chi connectivity index (χ1v) is 7.40. The molecule has 0 aliphatic rings. The van der Waals surface area contributed by atoms with Crippen LogP contribution >= 0.6 is 0 Å². The normalized spacial score (nSPS) is 10.6. The lowest BCUT2D eigenvalue weighted by molar-refractivity contribution is -0.384. The van der Waals surface area contributed by atoms with E-state index in [0.717, 1.165) is 0 Å². The summed E-state index contributed by atoms with van der Waals surface area (Å²) >= 11 is 0. The number of ketones is 1. The Bertz CT molecular complexity index is 913. The van der Waals surface area contributed by atoms with Gasteiger partial charge in [-0.15, -0.1) is 0 Å². The molecule has 1 heterocycles. The molecule has 0 saturated heterocycles. The van der Waals surface area contributed by atoms with Crippen molar-refractivity contribution in [1.29, 1.82) is 0 Å². The van der Waals surface area contributed by atoms with Crippen molar-refractivity contribution in [3.8, 4) is 5.69 Å². The second kappa shape index (κ2) is 6.08. The first kappa shape index (κ1) is 15.6. The number of aryl methyl sites for hydroxylation is 1. The molecular weight excluding hydrogens is 306 g/mol. The number of non-ortho nitro benzene ring substituents is 1. The predicted octanol–water partition coefficient (Wildman–Crippen LogP) is 3.63. The van der Waals surface area contributed by atoms with Gasteiger partial charge in [0.25, 0.3) is 5.69 Å². The van der Waals surface area contributed by atoms with Gasteiger partial charge in [-0.25, -0.2) is 4.68 Å². The van der Waals surface area contributed by atoms with Gasteiger partial charge in [-0.2, -0.15) is 5.10 Å². The van der Waals surface area contributed by atoms with E-state index in [-0.39, 0.29) is 11.5 Å². The number of hydrogen-bond donors (Lipinski definition) is 0. The van der Waals surface area contributed by atoms with Gasteiger partial charge in [-0.3, -0.25) is 14.9 Å². The van der Waals surface area contributed by atoms with E-state index >= 15 is 0 Å². The fourth-order valence-corrected chi connectivity index (χ4v) is 2.67. The Hall–Kier alpha value is -3.28. The molecule has 0 radical (unpaired) electrons. The fourth-order valence-electron chi connectivity index (χ4n) is 2.67. The maximum atomic E-state index is 12.7. The lowest BCUT2D eigenvalue weighted by Gasteiger charge is -2.05. The summed E-state index contributed by atoms with van der Waals surface area (Å²) in [5.41, 5.74) is 3.18. The second-order valence-electron chi connectivity index (χ2n) is 5.43. The molecule has 0 unspecified atom stereocenters. The molecule has 0 N–H and O–H groups in total. The Labute approximate surface area is 138 Å². The molecule has 0 aliphatic carbocycles. The van der Waals surface area contributed by atoms with Crippen LogP contribution in [0, 0.1) is 24.0 Å². The zero-order valence-electron chi connectivity index (χ0n) is 13.3. The van der Waals surface area contributed by atoms with E-state index in [2.05, 4.69) is 5.10 Å². The monoisotopic (exact) mass is 321 g/mol. The molecule has 6 heteroatoms. The molecular formula is C18H15N3O3. The van der Waals surface area contributed by atoms with Crippen molar-refractivity contribution in [2.45, 2.75) is 13.8 Å². The minimum Gasteiger partial charge on any atom is -0.288 e. The SMILES string of the molecule is Cc1nn(-c2ccc([N+](=O)[O-])cc2)c(C)c1C(=O)c1ccccc1. The van der Waals surface area contributed by atoms with Crippen LogP contribution in [0.4, 0.5) is 5.69 Å². The van der Waals surface area contributed by atoms with E-state index in [1.807, 2.05) is 25.1 Å². The highest BCUT2D eigenvalue weighted by Crippen LogP contribution is 2.22. The molecule has 1 aromatic heterocycles. The largest absolute Gasteiger partial charge is 0.288 e. The van der Waals surface area contributed by atoms with Gasteiger partial charge in [0.05, 0.1) is 27.6 Å². The maximum Gasteiger partial charge on any atom is 0.269 e. The summed E-state index contributed by atoms with van der Waals surface area (Å²) in [5.74, 6) is -0.0845. The van der Waals surface area contributed by atoms with Gasteiger partial charge in [0.1, 0.15) is 0 Å². The third-order valence-electron chi connectivity index (χ3n) is 3.86. The molecule has 6 nitrogen and oxygen atoms in total.